The van der Waals surface area contributed by atoms with Gasteiger partial charge in [-0.1, -0.05) is 88.4 Å². The van der Waals surface area contributed by atoms with Crippen molar-refractivity contribution in [2.75, 3.05) is 0 Å². The van der Waals surface area contributed by atoms with Gasteiger partial charge in [0.1, 0.15) is 0 Å². The molecule has 2 rings (SSSR count). The summed E-state index contributed by atoms with van der Waals surface area (Å²) in [6.45, 7) is 17.1. The van der Waals surface area contributed by atoms with Crippen LogP contribution in [0, 0.1) is 0 Å². The van der Waals surface area contributed by atoms with E-state index in [4.69, 9.17) is 0 Å². The minimum absolute atomic E-state index is 0.342. The first-order valence-electron chi connectivity index (χ1n) is 8.42. The molecule has 23 heavy (non-hydrogen) atoms. The van der Waals surface area contributed by atoms with Crippen molar-refractivity contribution in [3.05, 3.63) is 96.1 Å². The molecule has 0 aliphatic carbocycles. The topological polar surface area (TPSA) is 0 Å². The quantitative estimate of drug-likeness (QED) is 0.528. The molecule has 0 saturated heterocycles. The van der Waals surface area contributed by atoms with Gasteiger partial charge in [0, 0.05) is 0 Å². The summed E-state index contributed by atoms with van der Waals surface area (Å²) in [5.74, 6) is 1.08. The standard InChI is InChI=1S/C23H28/c1-7-23(8-2,21-13-9-19(10-14-21)17(3)4)22-15-11-20(12-16-22)18(5)6/h7-18H,1-2H2,3-6H3. The first kappa shape index (κ1) is 17.3. The summed E-state index contributed by atoms with van der Waals surface area (Å²) in [6, 6.07) is 17.7. The fraction of sp³-hybridized carbons (Fsp3) is 0.304. The lowest BCUT2D eigenvalue weighted by molar-refractivity contribution is 0.806. The van der Waals surface area contributed by atoms with Crippen molar-refractivity contribution in [3.8, 4) is 0 Å². The van der Waals surface area contributed by atoms with Crippen LogP contribution < -0.4 is 0 Å². The molecule has 0 bridgehead atoms. The summed E-state index contributed by atoms with van der Waals surface area (Å²) in [7, 11) is 0. The third kappa shape index (κ3) is 3.32. The fourth-order valence-electron chi connectivity index (χ4n) is 3.01. The summed E-state index contributed by atoms with van der Waals surface area (Å²) in [6.07, 6.45) is 3.99. The Morgan fingerprint density at radius 3 is 1.17 bits per heavy atom. The molecule has 0 atom stereocenters. The van der Waals surface area contributed by atoms with Crippen molar-refractivity contribution in [2.45, 2.75) is 44.9 Å². The summed E-state index contributed by atoms with van der Waals surface area (Å²) in [5.41, 5.74) is 4.79. The van der Waals surface area contributed by atoms with Gasteiger partial charge in [0.05, 0.1) is 5.41 Å². The van der Waals surface area contributed by atoms with Gasteiger partial charge in [0.15, 0.2) is 0 Å². The average molecular weight is 304 g/mol. The Morgan fingerprint density at radius 1 is 0.652 bits per heavy atom. The highest BCUT2D eigenvalue weighted by atomic mass is 14.3. The molecular formula is C23H28. The summed E-state index contributed by atoms with van der Waals surface area (Å²) in [4.78, 5) is 0. The van der Waals surface area contributed by atoms with Gasteiger partial charge < -0.3 is 0 Å². The van der Waals surface area contributed by atoms with Gasteiger partial charge in [-0.2, -0.15) is 0 Å². The molecule has 0 heterocycles. The number of rotatable bonds is 6. The molecule has 0 fully saturated rings. The van der Waals surface area contributed by atoms with E-state index in [-0.39, 0.29) is 5.41 Å². The van der Waals surface area contributed by atoms with Crippen LogP contribution in [0.3, 0.4) is 0 Å². The maximum Gasteiger partial charge on any atom is 0.0557 e. The van der Waals surface area contributed by atoms with Crippen molar-refractivity contribution in [1.82, 2.24) is 0 Å². The Morgan fingerprint density at radius 2 is 0.957 bits per heavy atom. The van der Waals surface area contributed by atoms with E-state index in [1.807, 2.05) is 12.2 Å². The lowest BCUT2D eigenvalue weighted by Gasteiger charge is -2.29. The van der Waals surface area contributed by atoms with Gasteiger partial charge in [-0.05, 0) is 34.1 Å². The number of benzene rings is 2. The minimum Gasteiger partial charge on any atom is -0.102 e. The Balaban J connectivity index is 2.50. The molecule has 0 N–H and O–H groups in total. The van der Waals surface area contributed by atoms with Crippen LogP contribution in [0.5, 0.6) is 0 Å². The molecule has 0 saturated carbocycles. The van der Waals surface area contributed by atoms with Crippen LogP contribution in [0.15, 0.2) is 73.8 Å². The Hall–Kier alpha value is -2.08. The Labute approximate surface area is 141 Å². The molecule has 2 aromatic carbocycles. The molecule has 120 valence electrons. The third-order valence-corrected chi connectivity index (χ3v) is 4.75. The molecule has 0 aromatic heterocycles. The number of allylic oxidation sites excluding steroid dienone is 2. The van der Waals surface area contributed by atoms with E-state index in [1.54, 1.807) is 0 Å². The number of hydrogen-bond donors (Lipinski definition) is 0. The lowest BCUT2D eigenvalue weighted by atomic mass is 9.74. The van der Waals surface area contributed by atoms with Gasteiger partial charge in [-0.3, -0.25) is 0 Å². The Bertz CT molecular complexity index is 593. The maximum atomic E-state index is 4.10. The molecule has 0 heteroatoms. The molecule has 0 nitrogen and oxygen atoms in total. The largest absolute Gasteiger partial charge is 0.102 e. The van der Waals surface area contributed by atoms with Crippen LogP contribution in [0.2, 0.25) is 0 Å². The highest BCUT2D eigenvalue weighted by molar-refractivity contribution is 5.50. The van der Waals surface area contributed by atoms with Crippen LogP contribution in [0.25, 0.3) is 0 Å². The van der Waals surface area contributed by atoms with Gasteiger partial charge in [-0.25, -0.2) is 0 Å². The normalized spacial score (nSPS) is 11.7. The molecule has 0 amide bonds. The first-order valence-corrected chi connectivity index (χ1v) is 8.42. The second kappa shape index (κ2) is 7.00. The maximum absolute atomic E-state index is 4.10. The number of hydrogen-bond acceptors (Lipinski definition) is 0. The van der Waals surface area contributed by atoms with Crippen molar-refractivity contribution in [3.63, 3.8) is 0 Å². The van der Waals surface area contributed by atoms with Crippen molar-refractivity contribution in [2.24, 2.45) is 0 Å². The van der Waals surface area contributed by atoms with Crippen molar-refractivity contribution < 1.29 is 0 Å². The van der Waals surface area contributed by atoms with Gasteiger partial charge in [0.25, 0.3) is 0 Å². The minimum atomic E-state index is -0.342. The molecule has 0 unspecified atom stereocenters. The molecular weight excluding hydrogens is 276 g/mol. The second-order valence-corrected chi connectivity index (χ2v) is 6.83. The van der Waals surface area contributed by atoms with Crippen LogP contribution >= 0.6 is 0 Å². The highest BCUT2D eigenvalue weighted by Gasteiger charge is 2.27. The Kier molecular flexibility index (Phi) is 5.26. The van der Waals surface area contributed by atoms with E-state index in [0.29, 0.717) is 11.8 Å². The van der Waals surface area contributed by atoms with Crippen molar-refractivity contribution in [1.29, 1.82) is 0 Å². The fourth-order valence-corrected chi connectivity index (χ4v) is 3.01. The monoisotopic (exact) mass is 304 g/mol. The predicted molar refractivity (Wildman–Crippen MR) is 102 cm³/mol. The van der Waals surface area contributed by atoms with Crippen LogP contribution in [0.1, 0.15) is 61.8 Å². The molecule has 0 aliphatic rings. The first-order chi connectivity index (χ1) is 10.9. The van der Waals surface area contributed by atoms with E-state index >= 15 is 0 Å². The van der Waals surface area contributed by atoms with E-state index in [9.17, 15) is 0 Å². The summed E-state index contributed by atoms with van der Waals surface area (Å²) >= 11 is 0. The smallest absolute Gasteiger partial charge is 0.0557 e. The summed E-state index contributed by atoms with van der Waals surface area (Å²) < 4.78 is 0. The second-order valence-electron chi connectivity index (χ2n) is 6.83. The molecule has 0 aliphatic heterocycles. The lowest BCUT2D eigenvalue weighted by Crippen LogP contribution is -2.22. The van der Waals surface area contributed by atoms with E-state index in [1.165, 1.54) is 22.3 Å². The van der Waals surface area contributed by atoms with Crippen LogP contribution in [-0.2, 0) is 5.41 Å². The zero-order valence-electron chi connectivity index (χ0n) is 14.8. The average Bonchev–Trinajstić information content (AvgIpc) is 2.57. The summed E-state index contributed by atoms with van der Waals surface area (Å²) in [5, 5.41) is 0. The predicted octanol–water partition coefficient (Wildman–Crippen LogP) is 6.59. The molecule has 0 spiro atoms. The van der Waals surface area contributed by atoms with Gasteiger partial charge in [-0.15, -0.1) is 13.2 Å². The zero-order chi connectivity index (χ0) is 17.0. The molecule has 0 radical (unpaired) electrons. The third-order valence-electron chi connectivity index (χ3n) is 4.75. The van der Waals surface area contributed by atoms with Crippen molar-refractivity contribution >= 4 is 0 Å². The van der Waals surface area contributed by atoms with Crippen LogP contribution in [-0.4, -0.2) is 0 Å². The van der Waals surface area contributed by atoms with E-state index in [2.05, 4.69) is 89.4 Å². The molecule has 2 aromatic rings. The van der Waals surface area contributed by atoms with Crippen LogP contribution in [0.4, 0.5) is 0 Å². The van der Waals surface area contributed by atoms with Gasteiger partial charge in [0.2, 0.25) is 0 Å². The van der Waals surface area contributed by atoms with Gasteiger partial charge >= 0.3 is 0 Å². The van der Waals surface area contributed by atoms with E-state index < -0.39 is 0 Å². The zero-order valence-corrected chi connectivity index (χ0v) is 14.8. The highest BCUT2D eigenvalue weighted by Crippen LogP contribution is 2.36. The van der Waals surface area contributed by atoms with E-state index in [0.717, 1.165) is 0 Å². The SMILES string of the molecule is C=CC(C=C)(c1ccc(C(C)C)cc1)c1ccc(C(C)C)cc1.